The van der Waals surface area contributed by atoms with Gasteiger partial charge in [0, 0.05) is 12.5 Å². The van der Waals surface area contributed by atoms with Crippen LogP contribution in [0.2, 0.25) is 0 Å². The van der Waals surface area contributed by atoms with Gasteiger partial charge in [-0.3, -0.25) is 4.79 Å². The van der Waals surface area contributed by atoms with E-state index in [4.69, 9.17) is 9.47 Å². The van der Waals surface area contributed by atoms with Crippen LogP contribution in [0.5, 0.6) is 0 Å². The molecule has 0 amide bonds. The predicted molar refractivity (Wildman–Crippen MR) is 81.5 cm³/mol. The Kier molecular flexibility index (Phi) is 7.51. The van der Waals surface area contributed by atoms with Gasteiger partial charge in [0.05, 0.1) is 12.5 Å². The molecular weight excluding hydrogens is 268 g/mol. The van der Waals surface area contributed by atoms with Crippen molar-refractivity contribution in [3.8, 4) is 0 Å². The molecule has 4 heteroatoms. The minimum atomic E-state index is -0.407. The molecule has 116 valence electrons. The molecule has 1 heterocycles. The van der Waals surface area contributed by atoms with Gasteiger partial charge in [0.1, 0.15) is 6.10 Å². The first kappa shape index (κ1) is 17.2. The highest BCUT2D eigenvalue weighted by Crippen LogP contribution is 2.25. The Bertz CT molecular complexity index is 432. The van der Waals surface area contributed by atoms with Crippen molar-refractivity contribution >= 4 is 11.9 Å². The highest BCUT2D eigenvalue weighted by Gasteiger charge is 2.31. The van der Waals surface area contributed by atoms with E-state index in [1.165, 1.54) is 6.08 Å². The van der Waals surface area contributed by atoms with Gasteiger partial charge in [-0.1, -0.05) is 38.2 Å². The fourth-order valence-electron chi connectivity index (χ4n) is 1.96. The highest BCUT2D eigenvalue weighted by molar-refractivity contribution is 5.82. The lowest BCUT2D eigenvalue weighted by Gasteiger charge is -2.01. The Labute approximate surface area is 126 Å². The van der Waals surface area contributed by atoms with Crippen molar-refractivity contribution < 1.29 is 19.1 Å². The summed E-state index contributed by atoms with van der Waals surface area (Å²) < 4.78 is 9.99. The number of cyclic esters (lactones) is 1. The number of carbonyl (C=O) groups excluding carboxylic acids is 2. The van der Waals surface area contributed by atoms with Gasteiger partial charge in [0.2, 0.25) is 0 Å². The standard InChI is InChI=1S/C17H24O4/c1-4-20-16(18)11-10-15-12-14(17(19)21-15)9-7-5-6-8-13(2)3/h5-8,10-11,13-15H,4,9,12H2,1-3H3/b7-5+,8-6+,11-10+/t14-,15+/m0/s1. The van der Waals surface area contributed by atoms with E-state index in [1.807, 2.05) is 18.2 Å². The third-order valence-corrected chi connectivity index (χ3v) is 3.02. The van der Waals surface area contributed by atoms with Crippen LogP contribution in [-0.2, 0) is 19.1 Å². The quantitative estimate of drug-likeness (QED) is 0.411. The molecule has 0 aliphatic carbocycles. The van der Waals surface area contributed by atoms with E-state index < -0.39 is 5.97 Å². The van der Waals surface area contributed by atoms with E-state index in [2.05, 4.69) is 19.9 Å². The monoisotopic (exact) mass is 292 g/mol. The van der Waals surface area contributed by atoms with Gasteiger partial charge in [-0.2, -0.15) is 0 Å². The summed E-state index contributed by atoms with van der Waals surface area (Å²) in [5.74, 6) is -0.226. The van der Waals surface area contributed by atoms with Crippen LogP contribution in [0.25, 0.3) is 0 Å². The third-order valence-electron chi connectivity index (χ3n) is 3.02. The fraction of sp³-hybridized carbons (Fsp3) is 0.529. The van der Waals surface area contributed by atoms with Crippen molar-refractivity contribution in [3.05, 3.63) is 36.5 Å². The molecule has 0 saturated carbocycles. The van der Waals surface area contributed by atoms with Gasteiger partial charge in [-0.25, -0.2) is 4.79 Å². The van der Waals surface area contributed by atoms with Crippen molar-refractivity contribution in [2.24, 2.45) is 11.8 Å². The van der Waals surface area contributed by atoms with Gasteiger partial charge < -0.3 is 9.47 Å². The molecule has 0 radical (unpaired) electrons. The van der Waals surface area contributed by atoms with E-state index >= 15 is 0 Å². The first-order valence-electron chi connectivity index (χ1n) is 7.41. The molecule has 1 aliphatic rings. The predicted octanol–water partition coefficient (Wildman–Crippen LogP) is 3.20. The maximum Gasteiger partial charge on any atom is 0.330 e. The average Bonchev–Trinajstić information content (AvgIpc) is 2.77. The SMILES string of the molecule is CCOC(=O)/C=C/[C@@H]1C[C@H](C/C=C/C=C/C(C)C)C(=O)O1. The van der Waals surface area contributed by atoms with Crippen LogP contribution >= 0.6 is 0 Å². The summed E-state index contributed by atoms with van der Waals surface area (Å²) in [6.07, 6.45) is 11.9. The van der Waals surface area contributed by atoms with Crippen molar-refractivity contribution in [1.29, 1.82) is 0 Å². The summed E-state index contributed by atoms with van der Waals surface area (Å²) in [6, 6.07) is 0. The first-order chi connectivity index (χ1) is 10.0. The van der Waals surface area contributed by atoms with Crippen LogP contribution in [0.4, 0.5) is 0 Å². The lowest BCUT2D eigenvalue weighted by atomic mass is 10.0. The maximum absolute atomic E-state index is 11.7. The average molecular weight is 292 g/mol. The second-order valence-corrected chi connectivity index (χ2v) is 5.31. The Morgan fingerprint density at radius 1 is 1.43 bits per heavy atom. The van der Waals surface area contributed by atoms with Crippen LogP contribution in [0.3, 0.4) is 0 Å². The molecule has 1 rings (SSSR count). The Morgan fingerprint density at radius 3 is 2.86 bits per heavy atom. The van der Waals surface area contributed by atoms with E-state index in [0.29, 0.717) is 25.4 Å². The molecule has 0 N–H and O–H groups in total. The maximum atomic E-state index is 11.7. The molecule has 1 aliphatic heterocycles. The first-order valence-corrected chi connectivity index (χ1v) is 7.41. The van der Waals surface area contributed by atoms with Crippen LogP contribution in [-0.4, -0.2) is 24.6 Å². The molecule has 2 atom stereocenters. The summed E-state index contributed by atoms with van der Waals surface area (Å²) in [6.45, 7) is 6.31. The second kappa shape index (κ2) is 9.16. The molecule has 0 aromatic heterocycles. The smallest absolute Gasteiger partial charge is 0.330 e. The van der Waals surface area contributed by atoms with E-state index in [1.54, 1.807) is 13.0 Å². The van der Waals surface area contributed by atoms with Gasteiger partial charge >= 0.3 is 11.9 Å². The van der Waals surface area contributed by atoms with Gasteiger partial charge in [-0.15, -0.1) is 0 Å². The third kappa shape index (κ3) is 6.93. The number of rotatable bonds is 7. The number of hydrogen-bond donors (Lipinski definition) is 0. The summed E-state index contributed by atoms with van der Waals surface area (Å²) in [4.78, 5) is 22.9. The lowest BCUT2D eigenvalue weighted by Crippen LogP contribution is -2.06. The Hall–Kier alpha value is -1.84. The normalized spacial score (nSPS) is 22.8. The summed E-state index contributed by atoms with van der Waals surface area (Å²) in [5.41, 5.74) is 0. The van der Waals surface area contributed by atoms with Crippen LogP contribution < -0.4 is 0 Å². The zero-order valence-electron chi connectivity index (χ0n) is 13.0. The molecule has 0 aromatic rings. The van der Waals surface area contributed by atoms with Crippen molar-refractivity contribution in [1.82, 2.24) is 0 Å². The highest BCUT2D eigenvalue weighted by atomic mass is 16.6. The minimum absolute atomic E-state index is 0.134. The molecule has 1 saturated heterocycles. The molecule has 0 unspecified atom stereocenters. The van der Waals surface area contributed by atoms with Gasteiger partial charge in [0.15, 0.2) is 0 Å². The number of carbonyl (C=O) groups is 2. The number of hydrogen-bond acceptors (Lipinski definition) is 4. The van der Waals surface area contributed by atoms with Crippen molar-refractivity contribution in [3.63, 3.8) is 0 Å². The van der Waals surface area contributed by atoms with Crippen molar-refractivity contribution in [2.75, 3.05) is 6.61 Å². The fourth-order valence-corrected chi connectivity index (χ4v) is 1.96. The number of esters is 2. The minimum Gasteiger partial charge on any atom is -0.463 e. The van der Waals surface area contributed by atoms with Crippen LogP contribution in [0.1, 0.15) is 33.6 Å². The lowest BCUT2D eigenvalue weighted by molar-refractivity contribution is -0.143. The van der Waals surface area contributed by atoms with Crippen LogP contribution in [0, 0.1) is 11.8 Å². The van der Waals surface area contributed by atoms with E-state index in [9.17, 15) is 9.59 Å². The molecule has 21 heavy (non-hydrogen) atoms. The molecule has 1 fully saturated rings. The molecule has 0 spiro atoms. The molecular formula is C17H24O4. The zero-order chi connectivity index (χ0) is 15.7. The van der Waals surface area contributed by atoms with E-state index in [0.717, 1.165) is 0 Å². The summed E-state index contributed by atoms with van der Waals surface area (Å²) in [7, 11) is 0. The topological polar surface area (TPSA) is 52.6 Å². The van der Waals surface area contributed by atoms with Gasteiger partial charge in [0.25, 0.3) is 0 Å². The van der Waals surface area contributed by atoms with Gasteiger partial charge in [-0.05, 0) is 25.3 Å². The number of allylic oxidation sites excluding steroid dienone is 4. The Morgan fingerprint density at radius 2 is 2.19 bits per heavy atom. The zero-order valence-corrected chi connectivity index (χ0v) is 13.0. The molecule has 0 bridgehead atoms. The second-order valence-electron chi connectivity index (χ2n) is 5.31. The molecule has 4 nitrogen and oxygen atoms in total. The Balaban J connectivity index is 2.39. The van der Waals surface area contributed by atoms with Crippen LogP contribution in [0.15, 0.2) is 36.5 Å². The molecule has 0 aromatic carbocycles. The van der Waals surface area contributed by atoms with Crippen molar-refractivity contribution in [2.45, 2.75) is 39.7 Å². The number of ether oxygens (including phenoxy) is 2. The summed E-state index contributed by atoms with van der Waals surface area (Å²) in [5, 5.41) is 0. The largest absolute Gasteiger partial charge is 0.463 e. The van der Waals surface area contributed by atoms with E-state index in [-0.39, 0.29) is 18.0 Å². The summed E-state index contributed by atoms with van der Waals surface area (Å²) >= 11 is 0.